The molecule has 0 saturated heterocycles. The Balaban J connectivity index is 2.17. The fraction of sp³-hybridized carbons (Fsp3) is 0.0625. The monoisotopic (exact) mass is 365 g/mol. The van der Waals surface area contributed by atoms with E-state index in [1.54, 1.807) is 24.3 Å². The lowest BCUT2D eigenvalue weighted by Crippen LogP contribution is -2.16. The first-order chi connectivity index (χ1) is 11.4. The second-order valence-electron chi connectivity index (χ2n) is 4.86. The largest absolute Gasteiger partial charge is 0.465 e. The summed E-state index contributed by atoms with van der Waals surface area (Å²) in [5.74, 6) is -1.31. The second kappa shape index (κ2) is 6.21. The van der Waals surface area contributed by atoms with Crippen LogP contribution in [-0.2, 0) is 14.8 Å². The van der Waals surface area contributed by atoms with Gasteiger partial charge in [-0.1, -0.05) is 24.3 Å². The maximum atomic E-state index is 13.3. The standard InChI is InChI=1S/C16H12FNO4S2/c1-22-16(19)14-15(12-7-2-3-8-13(12)23-14)24(20,21)18-11-6-4-5-10(17)9-11/h2-9,18H,1H3. The fourth-order valence-corrected chi connectivity index (χ4v) is 5.14. The Morgan fingerprint density at radius 2 is 1.92 bits per heavy atom. The number of thiophene rings is 1. The Morgan fingerprint density at radius 3 is 2.62 bits per heavy atom. The van der Waals surface area contributed by atoms with Gasteiger partial charge >= 0.3 is 5.97 Å². The average molecular weight is 365 g/mol. The number of ether oxygens (including phenoxy) is 1. The molecule has 0 atom stereocenters. The number of halogens is 1. The third kappa shape index (κ3) is 2.98. The van der Waals surface area contributed by atoms with Crippen LogP contribution in [0.15, 0.2) is 53.4 Å². The average Bonchev–Trinajstić information content (AvgIpc) is 2.94. The van der Waals surface area contributed by atoms with Crippen molar-refractivity contribution in [2.45, 2.75) is 4.90 Å². The Labute approximate surface area is 141 Å². The van der Waals surface area contributed by atoms with Gasteiger partial charge in [0.15, 0.2) is 0 Å². The van der Waals surface area contributed by atoms with Crippen LogP contribution in [0, 0.1) is 5.82 Å². The molecule has 3 aromatic rings. The van der Waals surface area contributed by atoms with E-state index < -0.39 is 21.8 Å². The Hall–Kier alpha value is -2.45. The Kier molecular flexibility index (Phi) is 4.25. The van der Waals surface area contributed by atoms with Crippen LogP contribution in [0.1, 0.15) is 9.67 Å². The smallest absolute Gasteiger partial charge is 0.349 e. The normalized spacial score (nSPS) is 11.4. The van der Waals surface area contributed by atoms with Gasteiger partial charge in [-0.05, 0) is 24.3 Å². The quantitative estimate of drug-likeness (QED) is 0.717. The number of benzene rings is 2. The van der Waals surface area contributed by atoms with Crippen LogP contribution in [-0.4, -0.2) is 21.5 Å². The van der Waals surface area contributed by atoms with Crippen molar-refractivity contribution >= 4 is 43.1 Å². The number of hydrogen-bond acceptors (Lipinski definition) is 5. The van der Waals surface area contributed by atoms with Gasteiger partial charge < -0.3 is 4.74 Å². The minimum atomic E-state index is -4.11. The van der Waals surface area contributed by atoms with Gasteiger partial charge in [-0.3, -0.25) is 4.72 Å². The summed E-state index contributed by atoms with van der Waals surface area (Å²) in [5, 5.41) is 0.409. The van der Waals surface area contributed by atoms with Crippen molar-refractivity contribution in [2.75, 3.05) is 11.8 Å². The third-order valence-electron chi connectivity index (χ3n) is 3.27. The molecule has 0 bridgehead atoms. The van der Waals surface area contributed by atoms with E-state index >= 15 is 0 Å². The van der Waals surface area contributed by atoms with E-state index in [0.29, 0.717) is 10.1 Å². The van der Waals surface area contributed by atoms with Gasteiger partial charge in [0.2, 0.25) is 0 Å². The molecule has 0 radical (unpaired) electrons. The lowest BCUT2D eigenvalue weighted by atomic mass is 10.2. The summed E-state index contributed by atoms with van der Waals surface area (Å²) in [6.45, 7) is 0. The molecule has 1 N–H and O–H groups in total. The van der Waals surface area contributed by atoms with Crippen LogP contribution in [0.25, 0.3) is 10.1 Å². The van der Waals surface area contributed by atoms with Gasteiger partial charge in [-0.25, -0.2) is 17.6 Å². The van der Waals surface area contributed by atoms with Gasteiger partial charge in [0, 0.05) is 10.1 Å². The van der Waals surface area contributed by atoms with Crippen molar-refractivity contribution in [2.24, 2.45) is 0 Å². The van der Waals surface area contributed by atoms with Gasteiger partial charge in [0.25, 0.3) is 10.0 Å². The van der Waals surface area contributed by atoms with Crippen molar-refractivity contribution in [3.63, 3.8) is 0 Å². The second-order valence-corrected chi connectivity index (χ2v) is 7.54. The van der Waals surface area contributed by atoms with E-state index in [9.17, 15) is 17.6 Å². The minimum absolute atomic E-state index is 0.0254. The summed E-state index contributed by atoms with van der Waals surface area (Å²) in [6.07, 6.45) is 0. The van der Waals surface area contributed by atoms with Crippen molar-refractivity contribution in [3.8, 4) is 0 Å². The number of hydrogen-bond donors (Lipinski definition) is 1. The number of methoxy groups -OCH3 is 1. The number of rotatable bonds is 4. The first-order valence-corrected chi connectivity index (χ1v) is 9.10. The van der Waals surface area contributed by atoms with Crippen molar-refractivity contribution in [1.29, 1.82) is 0 Å². The number of nitrogens with one attached hydrogen (secondary N) is 1. The molecule has 0 aliphatic carbocycles. The molecule has 1 aromatic heterocycles. The molecular formula is C16H12FNO4S2. The summed E-state index contributed by atoms with van der Waals surface area (Å²) >= 11 is 1.03. The van der Waals surface area contributed by atoms with Crippen LogP contribution in [0.3, 0.4) is 0 Å². The molecule has 0 amide bonds. The van der Waals surface area contributed by atoms with E-state index in [-0.39, 0.29) is 15.5 Å². The van der Waals surface area contributed by atoms with E-state index in [1.807, 2.05) is 0 Å². The van der Waals surface area contributed by atoms with Crippen LogP contribution >= 0.6 is 11.3 Å². The van der Waals surface area contributed by atoms with Crippen molar-refractivity contribution in [3.05, 3.63) is 59.2 Å². The zero-order chi connectivity index (χ0) is 17.3. The summed E-state index contributed by atoms with van der Waals surface area (Å²) in [5.41, 5.74) is 0.0705. The van der Waals surface area contributed by atoms with Crippen molar-refractivity contribution in [1.82, 2.24) is 0 Å². The number of carbonyl (C=O) groups excluding carboxylic acids is 1. The molecule has 24 heavy (non-hydrogen) atoms. The highest BCUT2D eigenvalue weighted by molar-refractivity contribution is 7.93. The Morgan fingerprint density at radius 1 is 1.17 bits per heavy atom. The van der Waals surface area contributed by atoms with Crippen molar-refractivity contribution < 1.29 is 22.3 Å². The molecule has 3 rings (SSSR count). The molecule has 0 aliphatic heterocycles. The molecule has 1 heterocycles. The lowest BCUT2D eigenvalue weighted by molar-refractivity contribution is 0.0602. The van der Waals surface area contributed by atoms with E-state index in [0.717, 1.165) is 17.4 Å². The number of carbonyl (C=O) groups is 1. The number of fused-ring (bicyclic) bond motifs is 1. The molecule has 0 spiro atoms. The topological polar surface area (TPSA) is 72.5 Å². The molecule has 2 aromatic carbocycles. The summed E-state index contributed by atoms with van der Waals surface area (Å²) < 4.78 is 46.5. The van der Waals surface area contributed by atoms with Crippen LogP contribution in [0.2, 0.25) is 0 Å². The summed E-state index contributed by atoms with van der Waals surface area (Å²) in [7, 11) is -2.92. The summed E-state index contributed by atoms with van der Waals surface area (Å²) in [6, 6.07) is 11.8. The zero-order valence-corrected chi connectivity index (χ0v) is 14.1. The first-order valence-electron chi connectivity index (χ1n) is 6.80. The fourth-order valence-electron chi connectivity index (χ4n) is 2.27. The molecular weight excluding hydrogens is 353 g/mol. The first kappa shape index (κ1) is 16.4. The van der Waals surface area contributed by atoms with Crippen LogP contribution in [0.5, 0.6) is 0 Å². The van der Waals surface area contributed by atoms with E-state index in [2.05, 4.69) is 4.72 Å². The summed E-state index contributed by atoms with van der Waals surface area (Å²) in [4.78, 5) is 11.8. The van der Waals surface area contributed by atoms with Crippen LogP contribution in [0.4, 0.5) is 10.1 Å². The number of esters is 1. The molecule has 8 heteroatoms. The Bertz CT molecular complexity index is 1030. The van der Waals surface area contributed by atoms with Gasteiger partial charge in [-0.15, -0.1) is 11.3 Å². The van der Waals surface area contributed by atoms with E-state index in [1.165, 1.54) is 25.3 Å². The van der Waals surface area contributed by atoms with Crippen LogP contribution < -0.4 is 4.72 Å². The lowest BCUT2D eigenvalue weighted by Gasteiger charge is -2.09. The minimum Gasteiger partial charge on any atom is -0.465 e. The highest BCUT2D eigenvalue weighted by atomic mass is 32.2. The third-order valence-corrected chi connectivity index (χ3v) is 6.01. The molecule has 0 fully saturated rings. The SMILES string of the molecule is COC(=O)c1sc2ccccc2c1S(=O)(=O)Nc1cccc(F)c1. The van der Waals surface area contributed by atoms with Gasteiger partial charge in [0.1, 0.15) is 15.6 Å². The molecule has 5 nitrogen and oxygen atoms in total. The van der Waals surface area contributed by atoms with E-state index in [4.69, 9.17) is 4.74 Å². The molecule has 0 saturated carbocycles. The predicted octanol–water partition coefficient (Wildman–Crippen LogP) is 3.63. The maximum Gasteiger partial charge on any atom is 0.349 e. The highest BCUT2D eigenvalue weighted by Gasteiger charge is 2.29. The van der Waals surface area contributed by atoms with Gasteiger partial charge in [0.05, 0.1) is 12.8 Å². The predicted molar refractivity (Wildman–Crippen MR) is 90.4 cm³/mol. The number of sulfonamides is 1. The molecule has 0 aliphatic rings. The molecule has 124 valence electrons. The number of anilines is 1. The molecule has 0 unspecified atom stereocenters. The zero-order valence-electron chi connectivity index (χ0n) is 12.4. The highest BCUT2D eigenvalue weighted by Crippen LogP contribution is 2.36. The maximum absolute atomic E-state index is 13.3. The van der Waals surface area contributed by atoms with Gasteiger partial charge in [-0.2, -0.15) is 0 Å².